The number of pyridine rings is 1. The first-order valence-corrected chi connectivity index (χ1v) is 4.29. The maximum absolute atomic E-state index is 12.5. The van der Waals surface area contributed by atoms with E-state index in [1.807, 2.05) is 0 Å². The fraction of sp³-hybridized carbons (Fsp3) is 0.300. The van der Waals surface area contributed by atoms with Crippen LogP contribution in [0.2, 0.25) is 0 Å². The highest BCUT2D eigenvalue weighted by Crippen LogP contribution is 2.02. The number of rotatable bonds is 5. The number of hydrogen-bond acceptors (Lipinski definition) is 4. The Morgan fingerprint density at radius 3 is 2.73 bits per heavy atom. The lowest BCUT2D eigenvalue weighted by atomic mass is 10.1. The average molecular weight is 211 g/mol. The standard InChI is InChI=1S/C10H10FNO3/c1-15-6-8(13)4-10(14)9-3-2-7(11)5-12-9/h2-3,5H,4,6H2,1H3. The molecule has 0 saturated carbocycles. The minimum Gasteiger partial charge on any atom is -0.377 e. The van der Waals surface area contributed by atoms with Gasteiger partial charge in [0.1, 0.15) is 18.1 Å². The first kappa shape index (κ1) is 11.5. The van der Waals surface area contributed by atoms with E-state index in [2.05, 4.69) is 9.72 Å². The van der Waals surface area contributed by atoms with Crippen LogP contribution < -0.4 is 0 Å². The Hall–Kier alpha value is -1.62. The molecule has 0 aliphatic heterocycles. The fourth-order valence-corrected chi connectivity index (χ4v) is 1.02. The van der Waals surface area contributed by atoms with Gasteiger partial charge >= 0.3 is 0 Å². The van der Waals surface area contributed by atoms with Crippen LogP contribution in [-0.2, 0) is 9.53 Å². The zero-order chi connectivity index (χ0) is 11.3. The van der Waals surface area contributed by atoms with Crippen molar-refractivity contribution in [2.75, 3.05) is 13.7 Å². The van der Waals surface area contributed by atoms with Crippen LogP contribution in [0.4, 0.5) is 4.39 Å². The van der Waals surface area contributed by atoms with Crippen LogP contribution in [0, 0.1) is 5.82 Å². The number of carbonyl (C=O) groups excluding carboxylic acids is 2. The Labute approximate surface area is 86.1 Å². The van der Waals surface area contributed by atoms with Gasteiger partial charge in [-0.05, 0) is 12.1 Å². The van der Waals surface area contributed by atoms with E-state index in [-0.39, 0.29) is 24.5 Å². The Balaban J connectivity index is 2.61. The van der Waals surface area contributed by atoms with Crippen molar-refractivity contribution in [3.05, 3.63) is 29.8 Å². The summed E-state index contributed by atoms with van der Waals surface area (Å²) < 4.78 is 17.0. The Morgan fingerprint density at radius 2 is 2.20 bits per heavy atom. The third-order valence-electron chi connectivity index (χ3n) is 1.68. The number of methoxy groups -OCH3 is 1. The topological polar surface area (TPSA) is 56.3 Å². The predicted molar refractivity (Wildman–Crippen MR) is 50.0 cm³/mol. The van der Waals surface area contributed by atoms with Crippen LogP contribution >= 0.6 is 0 Å². The molecule has 5 heteroatoms. The Bertz CT molecular complexity index is 361. The number of hydrogen-bond donors (Lipinski definition) is 0. The number of carbonyl (C=O) groups is 2. The van der Waals surface area contributed by atoms with Crippen molar-refractivity contribution >= 4 is 11.6 Å². The highest BCUT2D eigenvalue weighted by molar-refractivity contribution is 6.07. The Kier molecular flexibility index (Phi) is 4.05. The highest BCUT2D eigenvalue weighted by atomic mass is 19.1. The Morgan fingerprint density at radius 1 is 1.47 bits per heavy atom. The van der Waals surface area contributed by atoms with E-state index < -0.39 is 11.6 Å². The van der Waals surface area contributed by atoms with E-state index >= 15 is 0 Å². The molecule has 0 amide bonds. The summed E-state index contributed by atoms with van der Waals surface area (Å²) in [5.74, 6) is -1.28. The van der Waals surface area contributed by atoms with Gasteiger partial charge in [0.25, 0.3) is 0 Å². The molecule has 1 rings (SSSR count). The molecular formula is C10H10FNO3. The SMILES string of the molecule is COCC(=O)CC(=O)c1ccc(F)cn1. The number of Topliss-reactive ketones (excluding diaryl/α,β-unsaturated/α-hetero) is 2. The quantitative estimate of drug-likeness (QED) is 0.538. The van der Waals surface area contributed by atoms with E-state index in [0.29, 0.717) is 0 Å². The van der Waals surface area contributed by atoms with E-state index in [9.17, 15) is 14.0 Å². The van der Waals surface area contributed by atoms with Crippen molar-refractivity contribution in [3.8, 4) is 0 Å². The van der Waals surface area contributed by atoms with Crippen LogP contribution in [0.25, 0.3) is 0 Å². The second-order valence-electron chi connectivity index (χ2n) is 2.93. The normalized spacial score (nSPS) is 10.0. The number of halogens is 1. The summed E-state index contributed by atoms with van der Waals surface area (Å²) in [4.78, 5) is 26.0. The largest absolute Gasteiger partial charge is 0.377 e. The van der Waals surface area contributed by atoms with Gasteiger partial charge in [-0.3, -0.25) is 14.6 Å². The van der Waals surface area contributed by atoms with Gasteiger partial charge < -0.3 is 4.74 Å². The third-order valence-corrected chi connectivity index (χ3v) is 1.68. The molecule has 0 radical (unpaired) electrons. The van der Waals surface area contributed by atoms with Crippen LogP contribution in [-0.4, -0.2) is 30.3 Å². The van der Waals surface area contributed by atoms with Gasteiger partial charge in [0.2, 0.25) is 0 Å². The summed E-state index contributed by atoms with van der Waals surface area (Å²) in [6, 6.07) is 2.37. The summed E-state index contributed by atoms with van der Waals surface area (Å²) in [5, 5.41) is 0. The lowest BCUT2D eigenvalue weighted by Crippen LogP contribution is -2.13. The van der Waals surface area contributed by atoms with Crippen LogP contribution in [0.5, 0.6) is 0 Å². The van der Waals surface area contributed by atoms with Gasteiger partial charge in [0, 0.05) is 7.11 Å². The van der Waals surface area contributed by atoms with Crippen LogP contribution in [0.3, 0.4) is 0 Å². The maximum Gasteiger partial charge on any atom is 0.188 e. The van der Waals surface area contributed by atoms with Gasteiger partial charge in [0.15, 0.2) is 11.6 Å². The summed E-state index contributed by atoms with van der Waals surface area (Å²) in [7, 11) is 1.37. The van der Waals surface area contributed by atoms with Crippen molar-refractivity contribution < 1.29 is 18.7 Å². The molecule has 1 aromatic rings. The smallest absolute Gasteiger partial charge is 0.188 e. The van der Waals surface area contributed by atoms with Gasteiger partial charge in [-0.15, -0.1) is 0 Å². The number of aromatic nitrogens is 1. The fourth-order valence-electron chi connectivity index (χ4n) is 1.02. The molecule has 0 fully saturated rings. The minimum atomic E-state index is -0.519. The molecule has 0 bridgehead atoms. The molecule has 0 spiro atoms. The zero-order valence-electron chi connectivity index (χ0n) is 8.20. The third kappa shape index (κ3) is 3.55. The van der Waals surface area contributed by atoms with Crippen LogP contribution in [0.15, 0.2) is 18.3 Å². The second-order valence-corrected chi connectivity index (χ2v) is 2.93. The molecule has 0 N–H and O–H groups in total. The van der Waals surface area contributed by atoms with Gasteiger partial charge in [-0.1, -0.05) is 0 Å². The van der Waals surface area contributed by atoms with Gasteiger partial charge in [-0.2, -0.15) is 0 Å². The molecule has 1 heterocycles. The summed E-state index contributed by atoms with van der Waals surface area (Å²) >= 11 is 0. The molecule has 0 atom stereocenters. The minimum absolute atomic E-state index is 0.0841. The molecule has 1 aromatic heterocycles. The van der Waals surface area contributed by atoms with Crippen LogP contribution in [0.1, 0.15) is 16.9 Å². The van der Waals surface area contributed by atoms with Gasteiger partial charge in [-0.25, -0.2) is 4.39 Å². The summed E-state index contributed by atoms with van der Waals surface area (Å²) in [6.07, 6.45) is 0.667. The summed E-state index contributed by atoms with van der Waals surface area (Å²) in [6.45, 7) is -0.104. The lowest BCUT2D eigenvalue weighted by Gasteiger charge is -1.99. The van der Waals surface area contributed by atoms with Crippen molar-refractivity contribution in [1.29, 1.82) is 0 Å². The molecule has 15 heavy (non-hydrogen) atoms. The van der Waals surface area contributed by atoms with Crippen molar-refractivity contribution in [2.24, 2.45) is 0 Å². The van der Waals surface area contributed by atoms with Crippen molar-refractivity contribution in [2.45, 2.75) is 6.42 Å². The highest BCUT2D eigenvalue weighted by Gasteiger charge is 2.12. The summed E-state index contributed by atoms with van der Waals surface area (Å²) in [5.41, 5.74) is 0.0841. The maximum atomic E-state index is 12.5. The van der Waals surface area contributed by atoms with Crippen molar-refractivity contribution in [1.82, 2.24) is 4.98 Å². The van der Waals surface area contributed by atoms with E-state index in [4.69, 9.17) is 0 Å². The zero-order valence-corrected chi connectivity index (χ0v) is 8.20. The molecule has 4 nitrogen and oxygen atoms in total. The van der Waals surface area contributed by atoms with E-state index in [0.717, 1.165) is 12.3 Å². The number of ether oxygens (including phenoxy) is 1. The van der Waals surface area contributed by atoms with E-state index in [1.54, 1.807) is 0 Å². The molecule has 0 aliphatic rings. The molecular weight excluding hydrogens is 201 g/mol. The first-order valence-electron chi connectivity index (χ1n) is 4.29. The molecule has 0 aromatic carbocycles. The van der Waals surface area contributed by atoms with E-state index in [1.165, 1.54) is 13.2 Å². The molecule has 0 aliphatic carbocycles. The first-order chi connectivity index (χ1) is 7.13. The molecule has 80 valence electrons. The average Bonchev–Trinajstić information content (AvgIpc) is 2.18. The molecule has 0 unspecified atom stereocenters. The number of nitrogens with zero attached hydrogens (tertiary/aromatic N) is 1. The predicted octanol–water partition coefficient (Wildman–Crippen LogP) is 1.01. The second kappa shape index (κ2) is 5.31. The lowest BCUT2D eigenvalue weighted by molar-refractivity contribution is -0.121. The monoisotopic (exact) mass is 211 g/mol. The van der Waals surface area contributed by atoms with Crippen molar-refractivity contribution in [3.63, 3.8) is 0 Å². The molecule has 0 saturated heterocycles. The van der Waals surface area contributed by atoms with Gasteiger partial charge in [0.05, 0.1) is 12.6 Å². The number of ketones is 2.